The van der Waals surface area contributed by atoms with E-state index in [0.717, 1.165) is 44.8 Å². The average molecular weight is 194 g/mol. The SMILES string of the molecule is C#CC(=O)N1CCC(CCCN)CC1. The number of hydrogen-bond donors (Lipinski definition) is 1. The predicted molar refractivity (Wildman–Crippen MR) is 56.4 cm³/mol. The number of likely N-dealkylation sites (tertiary alicyclic amines) is 1. The largest absolute Gasteiger partial charge is 0.332 e. The van der Waals surface area contributed by atoms with E-state index < -0.39 is 0 Å². The van der Waals surface area contributed by atoms with Crippen molar-refractivity contribution in [3.63, 3.8) is 0 Å². The number of piperidine rings is 1. The van der Waals surface area contributed by atoms with Crippen molar-refractivity contribution in [2.45, 2.75) is 25.7 Å². The summed E-state index contributed by atoms with van der Waals surface area (Å²) >= 11 is 0. The molecule has 0 aromatic carbocycles. The molecule has 0 aromatic heterocycles. The molecule has 0 saturated carbocycles. The van der Waals surface area contributed by atoms with E-state index >= 15 is 0 Å². The molecule has 0 aliphatic carbocycles. The molecule has 1 amide bonds. The monoisotopic (exact) mass is 194 g/mol. The first kappa shape index (κ1) is 11.1. The lowest BCUT2D eigenvalue weighted by Crippen LogP contribution is -2.37. The molecule has 14 heavy (non-hydrogen) atoms. The van der Waals surface area contributed by atoms with E-state index in [1.807, 2.05) is 0 Å². The van der Waals surface area contributed by atoms with Gasteiger partial charge in [0.25, 0.3) is 5.91 Å². The summed E-state index contributed by atoms with van der Waals surface area (Å²) in [7, 11) is 0. The number of rotatable bonds is 3. The van der Waals surface area contributed by atoms with Gasteiger partial charge in [-0.3, -0.25) is 4.79 Å². The van der Waals surface area contributed by atoms with Gasteiger partial charge in [0, 0.05) is 13.1 Å². The summed E-state index contributed by atoms with van der Waals surface area (Å²) in [5.74, 6) is 2.73. The van der Waals surface area contributed by atoms with Gasteiger partial charge in [-0.25, -0.2) is 0 Å². The quantitative estimate of drug-likeness (QED) is 0.669. The molecule has 0 bridgehead atoms. The van der Waals surface area contributed by atoms with Gasteiger partial charge in [-0.05, 0) is 44.1 Å². The molecule has 0 spiro atoms. The highest BCUT2D eigenvalue weighted by atomic mass is 16.2. The maximum atomic E-state index is 11.2. The zero-order chi connectivity index (χ0) is 10.4. The number of hydrogen-bond acceptors (Lipinski definition) is 2. The van der Waals surface area contributed by atoms with Gasteiger partial charge < -0.3 is 10.6 Å². The van der Waals surface area contributed by atoms with E-state index in [9.17, 15) is 4.79 Å². The van der Waals surface area contributed by atoms with Gasteiger partial charge in [-0.2, -0.15) is 0 Å². The summed E-state index contributed by atoms with van der Waals surface area (Å²) in [5, 5.41) is 0. The zero-order valence-corrected chi connectivity index (χ0v) is 8.54. The highest BCUT2D eigenvalue weighted by molar-refractivity contribution is 5.92. The average Bonchev–Trinajstić information content (AvgIpc) is 2.26. The van der Waals surface area contributed by atoms with Gasteiger partial charge in [-0.1, -0.05) is 0 Å². The molecule has 1 heterocycles. The van der Waals surface area contributed by atoms with Crippen LogP contribution >= 0.6 is 0 Å². The predicted octanol–water partition coefficient (Wildman–Crippen LogP) is 0.597. The van der Waals surface area contributed by atoms with Crippen LogP contribution < -0.4 is 5.73 Å². The Morgan fingerprint density at radius 2 is 2.14 bits per heavy atom. The van der Waals surface area contributed by atoms with E-state index in [-0.39, 0.29) is 5.91 Å². The Labute approximate surface area is 85.6 Å². The number of carbonyl (C=O) groups is 1. The Morgan fingerprint density at radius 3 is 2.64 bits per heavy atom. The molecule has 1 rings (SSSR count). The number of carbonyl (C=O) groups excluding carboxylic acids is 1. The van der Waals surface area contributed by atoms with E-state index in [2.05, 4.69) is 5.92 Å². The minimum absolute atomic E-state index is 0.165. The van der Waals surface area contributed by atoms with Crippen molar-refractivity contribution in [3.8, 4) is 12.3 Å². The Hall–Kier alpha value is -1.01. The molecule has 2 N–H and O–H groups in total. The Morgan fingerprint density at radius 1 is 1.50 bits per heavy atom. The van der Waals surface area contributed by atoms with Crippen LogP contribution in [-0.2, 0) is 4.79 Å². The molecule has 1 aliphatic rings. The minimum Gasteiger partial charge on any atom is -0.332 e. The molecule has 1 fully saturated rings. The van der Waals surface area contributed by atoms with Crippen LogP contribution in [0.4, 0.5) is 0 Å². The van der Waals surface area contributed by atoms with Crippen molar-refractivity contribution >= 4 is 5.91 Å². The van der Waals surface area contributed by atoms with E-state index in [4.69, 9.17) is 12.2 Å². The Balaban J connectivity index is 2.25. The van der Waals surface area contributed by atoms with Crippen LogP contribution in [0, 0.1) is 18.3 Å². The fourth-order valence-corrected chi connectivity index (χ4v) is 1.92. The molecule has 3 heteroatoms. The lowest BCUT2D eigenvalue weighted by atomic mass is 9.92. The first-order chi connectivity index (χ1) is 6.77. The normalized spacial score (nSPS) is 17.9. The van der Waals surface area contributed by atoms with Gasteiger partial charge in [0.2, 0.25) is 0 Å². The highest BCUT2D eigenvalue weighted by Gasteiger charge is 2.20. The molecule has 1 saturated heterocycles. The second-order valence-electron chi connectivity index (χ2n) is 3.81. The second-order valence-corrected chi connectivity index (χ2v) is 3.81. The molecule has 0 unspecified atom stereocenters. The van der Waals surface area contributed by atoms with Gasteiger partial charge in [0.15, 0.2) is 0 Å². The summed E-state index contributed by atoms with van der Waals surface area (Å²) in [5.41, 5.74) is 5.45. The third-order valence-corrected chi connectivity index (χ3v) is 2.84. The Bertz CT molecular complexity index is 224. The van der Waals surface area contributed by atoms with Gasteiger partial charge in [0.1, 0.15) is 0 Å². The van der Waals surface area contributed by atoms with Crippen molar-refractivity contribution in [2.75, 3.05) is 19.6 Å². The van der Waals surface area contributed by atoms with Gasteiger partial charge >= 0.3 is 0 Å². The second kappa shape index (κ2) is 5.66. The number of amides is 1. The van der Waals surface area contributed by atoms with Crippen molar-refractivity contribution in [1.82, 2.24) is 4.90 Å². The third-order valence-electron chi connectivity index (χ3n) is 2.84. The highest BCUT2D eigenvalue weighted by Crippen LogP contribution is 2.21. The first-order valence-electron chi connectivity index (χ1n) is 5.23. The summed E-state index contributed by atoms with van der Waals surface area (Å²) in [6.45, 7) is 2.40. The summed E-state index contributed by atoms with van der Waals surface area (Å²) in [6.07, 6.45) is 9.49. The first-order valence-corrected chi connectivity index (χ1v) is 5.23. The molecular formula is C11H18N2O. The molecule has 1 aliphatic heterocycles. The maximum Gasteiger partial charge on any atom is 0.298 e. The molecule has 0 aromatic rings. The number of nitrogens with two attached hydrogens (primary N) is 1. The fraction of sp³-hybridized carbons (Fsp3) is 0.727. The van der Waals surface area contributed by atoms with E-state index in [1.54, 1.807) is 4.90 Å². The lowest BCUT2D eigenvalue weighted by Gasteiger charge is -2.30. The third kappa shape index (κ3) is 3.04. The summed E-state index contributed by atoms with van der Waals surface area (Å²) in [4.78, 5) is 12.9. The minimum atomic E-state index is -0.165. The van der Waals surface area contributed by atoms with Crippen LogP contribution in [0.3, 0.4) is 0 Å². The summed E-state index contributed by atoms with van der Waals surface area (Å²) in [6, 6.07) is 0. The number of nitrogens with zero attached hydrogens (tertiary/aromatic N) is 1. The van der Waals surface area contributed by atoms with Crippen LogP contribution in [-0.4, -0.2) is 30.4 Å². The maximum absolute atomic E-state index is 11.2. The Kier molecular flexibility index (Phi) is 4.48. The van der Waals surface area contributed by atoms with Crippen LogP contribution in [0.2, 0.25) is 0 Å². The van der Waals surface area contributed by atoms with E-state index in [1.165, 1.54) is 6.42 Å². The molecule has 3 nitrogen and oxygen atoms in total. The lowest BCUT2D eigenvalue weighted by molar-refractivity contribution is -0.126. The van der Waals surface area contributed by atoms with Crippen LogP contribution in [0.5, 0.6) is 0 Å². The van der Waals surface area contributed by atoms with Gasteiger partial charge in [-0.15, -0.1) is 6.42 Å². The smallest absolute Gasteiger partial charge is 0.298 e. The molecule has 78 valence electrons. The zero-order valence-electron chi connectivity index (χ0n) is 8.54. The topological polar surface area (TPSA) is 46.3 Å². The van der Waals surface area contributed by atoms with Crippen molar-refractivity contribution in [2.24, 2.45) is 11.7 Å². The van der Waals surface area contributed by atoms with Crippen molar-refractivity contribution in [3.05, 3.63) is 0 Å². The van der Waals surface area contributed by atoms with Crippen molar-refractivity contribution in [1.29, 1.82) is 0 Å². The molecule has 0 radical (unpaired) electrons. The van der Waals surface area contributed by atoms with Gasteiger partial charge in [0.05, 0.1) is 0 Å². The fourth-order valence-electron chi connectivity index (χ4n) is 1.92. The standard InChI is InChI=1S/C11H18N2O/c1-2-11(14)13-8-5-10(6-9-13)4-3-7-12/h1,10H,3-9,12H2. The van der Waals surface area contributed by atoms with Crippen LogP contribution in [0.1, 0.15) is 25.7 Å². The summed E-state index contributed by atoms with van der Waals surface area (Å²) < 4.78 is 0. The number of terminal acetylenes is 1. The van der Waals surface area contributed by atoms with Crippen LogP contribution in [0.25, 0.3) is 0 Å². The molecule has 0 atom stereocenters. The molecular weight excluding hydrogens is 176 g/mol. The van der Waals surface area contributed by atoms with Crippen LogP contribution in [0.15, 0.2) is 0 Å². The van der Waals surface area contributed by atoms with E-state index in [0.29, 0.717) is 0 Å². The van der Waals surface area contributed by atoms with Crippen molar-refractivity contribution < 1.29 is 4.79 Å².